The monoisotopic (exact) mass is 385 g/mol. The van der Waals surface area contributed by atoms with E-state index < -0.39 is 29.0 Å². The first-order chi connectivity index (χ1) is 13.1. The van der Waals surface area contributed by atoms with Gasteiger partial charge in [-0.15, -0.1) is 0 Å². The summed E-state index contributed by atoms with van der Waals surface area (Å²) in [5, 5.41) is 9.58. The van der Waals surface area contributed by atoms with E-state index in [1.807, 2.05) is 30.3 Å². The summed E-state index contributed by atoms with van der Waals surface area (Å²) in [5.41, 5.74) is -0.635. The van der Waals surface area contributed by atoms with Crippen molar-refractivity contribution in [1.29, 1.82) is 0 Å². The number of carboxylic acids is 1. The van der Waals surface area contributed by atoms with E-state index in [4.69, 9.17) is 4.74 Å². The van der Waals surface area contributed by atoms with Crippen LogP contribution in [0.15, 0.2) is 30.3 Å². The van der Waals surface area contributed by atoms with Gasteiger partial charge in [-0.05, 0) is 45.6 Å². The van der Waals surface area contributed by atoms with Gasteiger partial charge in [0.25, 0.3) is 6.85 Å². The number of carbonyl (C=O) groups excluding carboxylic acids is 2. The van der Waals surface area contributed by atoms with Gasteiger partial charge in [-0.2, -0.15) is 0 Å². The van der Waals surface area contributed by atoms with Crippen molar-refractivity contribution in [2.24, 2.45) is 5.41 Å². The third kappa shape index (κ3) is 4.23. The molecular formula is C21H28BNO5. The van der Waals surface area contributed by atoms with Gasteiger partial charge in [0.15, 0.2) is 0 Å². The van der Waals surface area contributed by atoms with Crippen LogP contribution in [0.4, 0.5) is 0 Å². The summed E-state index contributed by atoms with van der Waals surface area (Å²) in [4.78, 5) is 39.5. The number of carboxylic acid groups (broad SMARTS) is 1. The maximum Gasteiger partial charge on any atom is 0.325 e. The number of amides is 1. The zero-order chi connectivity index (χ0) is 20.5. The molecule has 2 aliphatic heterocycles. The molecule has 2 saturated heterocycles. The molecule has 7 heteroatoms. The number of aliphatic carboxylic acids is 1. The van der Waals surface area contributed by atoms with Gasteiger partial charge in [0.1, 0.15) is 11.6 Å². The van der Waals surface area contributed by atoms with Crippen LogP contribution in [0.2, 0.25) is 12.6 Å². The fraction of sp³-hybridized carbons (Fsp3) is 0.571. The lowest BCUT2D eigenvalue weighted by Crippen LogP contribution is -2.58. The van der Waals surface area contributed by atoms with E-state index in [0.29, 0.717) is 31.9 Å². The maximum atomic E-state index is 13.6. The summed E-state index contributed by atoms with van der Waals surface area (Å²) < 4.78 is 5.51. The minimum atomic E-state index is -0.969. The third-order valence-electron chi connectivity index (χ3n) is 5.72. The summed E-state index contributed by atoms with van der Waals surface area (Å²) in [5.74, 6) is -1.60. The number of carbonyl (C=O) groups is 3. The Kier molecular flexibility index (Phi) is 5.55. The van der Waals surface area contributed by atoms with Crippen LogP contribution in [0.1, 0.15) is 45.6 Å². The van der Waals surface area contributed by atoms with Gasteiger partial charge in [0.05, 0.1) is 11.8 Å². The number of nitrogens with zero attached hydrogens (tertiary/aromatic N) is 1. The predicted molar refractivity (Wildman–Crippen MR) is 106 cm³/mol. The molecular weight excluding hydrogens is 357 g/mol. The Labute approximate surface area is 166 Å². The van der Waals surface area contributed by atoms with Crippen LogP contribution in [-0.2, 0) is 25.5 Å². The fourth-order valence-corrected chi connectivity index (χ4v) is 4.57. The van der Waals surface area contributed by atoms with Crippen LogP contribution in [0.25, 0.3) is 0 Å². The molecule has 2 unspecified atom stereocenters. The van der Waals surface area contributed by atoms with Crippen LogP contribution in [0, 0.1) is 5.41 Å². The highest BCUT2D eigenvalue weighted by Gasteiger charge is 2.55. The van der Waals surface area contributed by atoms with Crippen molar-refractivity contribution in [3.8, 4) is 0 Å². The van der Waals surface area contributed by atoms with Gasteiger partial charge in [-0.3, -0.25) is 14.4 Å². The van der Waals surface area contributed by atoms with Gasteiger partial charge in [0, 0.05) is 0 Å². The number of benzene rings is 1. The van der Waals surface area contributed by atoms with E-state index >= 15 is 0 Å². The second-order valence-corrected chi connectivity index (χ2v) is 9.04. The minimum Gasteiger partial charge on any atom is -0.480 e. The first-order valence-corrected chi connectivity index (χ1v) is 9.93. The summed E-state index contributed by atoms with van der Waals surface area (Å²) in [6.45, 7) is 5.35. The Morgan fingerprint density at radius 3 is 2.54 bits per heavy atom. The Bertz CT molecular complexity index is 760. The maximum absolute atomic E-state index is 13.6. The van der Waals surface area contributed by atoms with E-state index in [2.05, 4.69) is 0 Å². The Hall–Kier alpha value is -2.31. The highest BCUT2D eigenvalue weighted by Crippen LogP contribution is 2.44. The highest BCUT2D eigenvalue weighted by atomic mass is 16.6. The molecule has 1 N–H and O–H groups in total. The Morgan fingerprint density at radius 1 is 1.25 bits per heavy atom. The predicted octanol–water partition coefficient (Wildman–Crippen LogP) is 3.03. The van der Waals surface area contributed by atoms with Crippen molar-refractivity contribution in [2.75, 3.05) is 0 Å². The Morgan fingerprint density at radius 2 is 1.93 bits per heavy atom. The second kappa shape index (κ2) is 7.61. The normalized spacial score (nSPS) is 24.8. The smallest absolute Gasteiger partial charge is 0.325 e. The minimum absolute atomic E-state index is 0.0342. The lowest BCUT2D eigenvalue weighted by atomic mass is 9.49. The van der Waals surface area contributed by atoms with E-state index in [1.165, 1.54) is 0 Å². The number of rotatable bonds is 5. The van der Waals surface area contributed by atoms with E-state index in [1.54, 1.807) is 25.6 Å². The molecule has 0 aliphatic carbocycles. The van der Waals surface area contributed by atoms with Crippen LogP contribution in [-0.4, -0.2) is 46.3 Å². The molecule has 1 aromatic rings. The molecule has 3 rings (SSSR count). The van der Waals surface area contributed by atoms with E-state index in [9.17, 15) is 19.5 Å². The van der Waals surface area contributed by atoms with E-state index in [0.717, 1.165) is 5.56 Å². The fourth-order valence-electron chi connectivity index (χ4n) is 4.57. The number of hydrogen-bond donors (Lipinski definition) is 1. The van der Waals surface area contributed by atoms with Crippen LogP contribution >= 0.6 is 0 Å². The summed E-state index contributed by atoms with van der Waals surface area (Å²) >= 11 is 0. The average molecular weight is 385 g/mol. The van der Waals surface area contributed by atoms with Crippen LogP contribution < -0.4 is 0 Å². The average Bonchev–Trinajstić information content (AvgIpc) is 3.02. The molecule has 28 heavy (non-hydrogen) atoms. The van der Waals surface area contributed by atoms with Crippen LogP contribution in [0.5, 0.6) is 0 Å². The molecule has 1 aromatic carbocycles. The van der Waals surface area contributed by atoms with Crippen molar-refractivity contribution in [3.63, 3.8) is 0 Å². The third-order valence-corrected chi connectivity index (χ3v) is 5.72. The zero-order valence-corrected chi connectivity index (χ0v) is 16.8. The van der Waals surface area contributed by atoms with Crippen LogP contribution in [0.3, 0.4) is 0 Å². The van der Waals surface area contributed by atoms with Gasteiger partial charge >= 0.3 is 11.9 Å². The molecule has 2 fully saturated rings. The second-order valence-electron chi connectivity index (χ2n) is 9.04. The Balaban J connectivity index is 1.92. The first kappa shape index (κ1) is 20.4. The molecule has 0 radical (unpaired) electrons. The highest BCUT2D eigenvalue weighted by molar-refractivity contribution is 6.61. The van der Waals surface area contributed by atoms with E-state index in [-0.39, 0.29) is 19.2 Å². The molecule has 2 atom stereocenters. The number of fused-ring (bicyclic) bond motifs is 1. The molecule has 2 aliphatic rings. The SMILES string of the molecule is CC(C)(C)OC(=O)CC1(Cc2ccccc2)CCB2CCC(C(=O)O)N2C1=O. The largest absolute Gasteiger partial charge is 0.480 e. The molecule has 0 spiro atoms. The summed E-state index contributed by atoms with van der Waals surface area (Å²) in [7, 11) is 0. The van der Waals surface area contributed by atoms with Crippen molar-refractivity contribution in [1.82, 2.24) is 4.81 Å². The van der Waals surface area contributed by atoms with Crippen molar-refractivity contribution < 1.29 is 24.2 Å². The molecule has 0 bridgehead atoms. The lowest BCUT2D eigenvalue weighted by molar-refractivity contribution is -0.163. The number of esters is 1. The molecule has 2 heterocycles. The van der Waals surface area contributed by atoms with Gasteiger partial charge in [-0.25, -0.2) is 0 Å². The van der Waals surface area contributed by atoms with Crippen molar-refractivity contribution in [2.45, 2.75) is 70.7 Å². The standard InChI is InChI=1S/C21H28BNO5/c1-20(2,3)28-17(24)14-21(13-15-7-5-4-6-8-15)10-12-22-11-9-16(18(25)26)23(22)19(21)27/h4-8,16H,9-14H2,1-3H3,(H,25,26). The molecule has 6 nitrogen and oxygen atoms in total. The first-order valence-electron chi connectivity index (χ1n) is 9.93. The van der Waals surface area contributed by atoms with Crippen molar-refractivity contribution >= 4 is 24.7 Å². The zero-order valence-electron chi connectivity index (χ0n) is 16.8. The topological polar surface area (TPSA) is 83.9 Å². The quantitative estimate of drug-likeness (QED) is 0.622. The summed E-state index contributed by atoms with van der Waals surface area (Å²) in [6.07, 6.45) is 2.82. The molecule has 0 saturated carbocycles. The molecule has 0 aromatic heterocycles. The molecule has 150 valence electrons. The summed E-state index contributed by atoms with van der Waals surface area (Å²) in [6, 6.07) is 8.80. The number of ether oxygens (including phenoxy) is 1. The van der Waals surface area contributed by atoms with Gasteiger partial charge < -0.3 is 14.7 Å². The number of hydrogen-bond acceptors (Lipinski definition) is 4. The van der Waals surface area contributed by atoms with Crippen molar-refractivity contribution in [3.05, 3.63) is 35.9 Å². The van der Waals surface area contributed by atoms with Gasteiger partial charge in [-0.1, -0.05) is 43.0 Å². The lowest BCUT2D eigenvalue weighted by Gasteiger charge is -2.44. The van der Waals surface area contributed by atoms with Gasteiger partial charge in [0.2, 0.25) is 5.91 Å². The molecule has 1 amide bonds.